The van der Waals surface area contributed by atoms with Gasteiger partial charge in [0.25, 0.3) is 0 Å². The SMILES string of the molecule is C[C@@H](Sc1ncnc2nc[nH]c12)C(=O)NCc1cccs1. The maximum atomic E-state index is 12.1. The minimum atomic E-state index is -0.244. The zero-order chi connectivity index (χ0) is 14.7. The number of aromatic nitrogens is 4. The van der Waals surface area contributed by atoms with E-state index in [0.29, 0.717) is 12.2 Å². The number of hydrogen-bond acceptors (Lipinski definition) is 6. The Kier molecular flexibility index (Phi) is 4.16. The first-order valence-electron chi connectivity index (χ1n) is 6.35. The summed E-state index contributed by atoms with van der Waals surface area (Å²) in [4.78, 5) is 28.6. The number of rotatable bonds is 5. The first kappa shape index (κ1) is 14.0. The van der Waals surface area contributed by atoms with Gasteiger partial charge < -0.3 is 10.3 Å². The molecule has 0 radical (unpaired) electrons. The molecule has 0 unspecified atom stereocenters. The zero-order valence-corrected chi connectivity index (χ0v) is 12.9. The van der Waals surface area contributed by atoms with Crippen molar-refractivity contribution >= 4 is 40.2 Å². The number of hydrogen-bond donors (Lipinski definition) is 2. The van der Waals surface area contributed by atoms with E-state index in [4.69, 9.17) is 0 Å². The van der Waals surface area contributed by atoms with Crippen LogP contribution in [-0.4, -0.2) is 31.1 Å². The van der Waals surface area contributed by atoms with Gasteiger partial charge in [-0.05, 0) is 18.4 Å². The fourth-order valence-corrected chi connectivity index (χ4v) is 3.33. The van der Waals surface area contributed by atoms with E-state index < -0.39 is 0 Å². The number of thioether (sulfide) groups is 1. The molecule has 3 aromatic heterocycles. The molecule has 3 rings (SSSR count). The number of imidazole rings is 1. The molecule has 0 saturated carbocycles. The summed E-state index contributed by atoms with van der Waals surface area (Å²) in [6, 6.07) is 3.97. The molecule has 0 aliphatic carbocycles. The Hall–Kier alpha value is -1.93. The Balaban J connectivity index is 1.64. The van der Waals surface area contributed by atoms with E-state index in [1.807, 2.05) is 24.4 Å². The minimum Gasteiger partial charge on any atom is -0.350 e. The number of H-pyrrole nitrogens is 1. The molecule has 21 heavy (non-hydrogen) atoms. The highest BCUT2D eigenvalue weighted by Crippen LogP contribution is 2.26. The monoisotopic (exact) mass is 319 g/mol. The van der Waals surface area contributed by atoms with Crippen LogP contribution in [0.25, 0.3) is 11.2 Å². The van der Waals surface area contributed by atoms with E-state index in [1.54, 1.807) is 17.7 Å². The molecule has 108 valence electrons. The van der Waals surface area contributed by atoms with Crippen molar-refractivity contribution in [2.24, 2.45) is 0 Å². The second-order valence-corrected chi connectivity index (χ2v) is 6.70. The Morgan fingerprint density at radius 1 is 1.48 bits per heavy atom. The van der Waals surface area contributed by atoms with Gasteiger partial charge in [-0.15, -0.1) is 11.3 Å². The van der Waals surface area contributed by atoms with E-state index >= 15 is 0 Å². The van der Waals surface area contributed by atoms with Gasteiger partial charge in [0, 0.05) is 4.88 Å². The van der Waals surface area contributed by atoms with Gasteiger partial charge in [-0.1, -0.05) is 17.8 Å². The summed E-state index contributed by atoms with van der Waals surface area (Å²) in [6.45, 7) is 2.42. The van der Waals surface area contributed by atoms with Crippen LogP contribution in [0, 0.1) is 0 Å². The third-order valence-electron chi connectivity index (χ3n) is 2.86. The first-order valence-corrected chi connectivity index (χ1v) is 8.11. The topological polar surface area (TPSA) is 83.6 Å². The van der Waals surface area contributed by atoms with Gasteiger partial charge in [0.1, 0.15) is 16.9 Å². The second-order valence-electron chi connectivity index (χ2n) is 4.34. The van der Waals surface area contributed by atoms with Gasteiger partial charge in [-0.25, -0.2) is 15.0 Å². The van der Waals surface area contributed by atoms with Crippen LogP contribution in [0.15, 0.2) is 35.2 Å². The lowest BCUT2D eigenvalue weighted by Gasteiger charge is -2.11. The fourth-order valence-electron chi connectivity index (χ4n) is 1.78. The van der Waals surface area contributed by atoms with Crippen molar-refractivity contribution in [3.63, 3.8) is 0 Å². The van der Waals surface area contributed by atoms with Crippen LogP contribution >= 0.6 is 23.1 Å². The van der Waals surface area contributed by atoms with Crippen LogP contribution in [0.1, 0.15) is 11.8 Å². The quantitative estimate of drug-likeness (QED) is 0.556. The number of amides is 1. The molecule has 0 aromatic carbocycles. The molecule has 0 saturated heterocycles. The van der Waals surface area contributed by atoms with Crippen molar-refractivity contribution in [2.45, 2.75) is 23.7 Å². The number of thiophene rings is 1. The van der Waals surface area contributed by atoms with Crippen molar-refractivity contribution < 1.29 is 4.79 Å². The zero-order valence-electron chi connectivity index (χ0n) is 11.2. The maximum absolute atomic E-state index is 12.1. The minimum absolute atomic E-state index is 0.0142. The molecule has 3 aromatic rings. The van der Waals surface area contributed by atoms with Crippen molar-refractivity contribution in [1.82, 2.24) is 25.3 Å². The summed E-state index contributed by atoms with van der Waals surface area (Å²) >= 11 is 3.02. The summed E-state index contributed by atoms with van der Waals surface area (Å²) in [6.07, 6.45) is 3.03. The van der Waals surface area contributed by atoms with Crippen molar-refractivity contribution in [1.29, 1.82) is 0 Å². The van der Waals surface area contributed by atoms with Crippen LogP contribution in [0.2, 0.25) is 0 Å². The highest BCUT2D eigenvalue weighted by atomic mass is 32.2. The molecule has 2 N–H and O–H groups in total. The lowest BCUT2D eigenvalue weighted by Crippen LogP contribution is -2.30. The molecule has 0 aliphatic rings. The molecule has 1 atom stereocenters. The van der Waals surface area contributed by atoms with Crippen LogP contribution in [-0.2, 0) is 11.3 Å². The van der Waals surface area contributed by atoms with Gasteiger partial charge in [0.05, 0.1) is 18.1 Å². The number of carbonyl (C=O) groups excluding carboxylic acids is 1. The van der Waals surface area contributed by atoms with E-state index in [9.17, 15) is 4.79 Å². The summed E-state index contributed by atoms with van der Waals surface area (Å²) in [5.74, 6) is -0.0142. The smallest absolute Gasteiger partial charge is 0.233 e. The van der Waals surface area contributed by atoms with Gasteiger partial charge in [0.2, 0.25) is 5.91 Å². The maximum Gasteiger partial charge on any atom is 0.233 e. The van der Waals surface area contributed by atoms with Crippen molar-refractivity contribution in [3.05, 3.63) is 35.0 Å². The number of fused-ring (bicyclic) bond motifs is 1. The lowest BCUT2D eigenvalue weighted by atomic mass is 10.4. The highest BCUT2D eigenvalue weighted by molar-refractivity contribution is 8.00. The van der Waals surface area contributed by atoms with E-state index in [0.717, 1.165) is 15.4 Å². The Morgan fingerprint density at radius 2 is 2.38 bits per heavy atom. The summed E-state index contributed by atoms with van der Waals surface area (Å²) < 4.78 is 0. The second kappa shape index (κ2) is 6.23. The highest BCUT2D eigenvalue weighted by Gasteiger charge is 2.17. The fraction of sp³-hybridized carbons (Fsp3) is 0.231. The van der Waals surface area contributed by atoms with E-state index in [1.165, 1.54) is 18.1 Å². The third kappa shape index (κ3) is 3.22. The Bertz CT molecular complexity index is 740. The van der Waals surface area contributed by atoms with Gasteiger partial charge in [-0.3, -0.25) is 4.79 Å². The molecule has 0 fully saturated rings. The van der Waals surface area contributed by atoms with Crippen LogP contribution in [0.5, 0.6) is 0 Å². The average molecular weight is 319 g/mol. The van der Waals surface area contributed by atoms with E-state index in [-0.39, 0.29) is 11.2 Å². The van der Waals surface area contributed by atoms with Gasteiger partial charge in [-0.2, -0.15) is 0 Å². The molecule has 1 amide bonds. The Morgan fingerprint density at radius 3 is 3.19 bits per heavy atom. The largest absolute Gasteiger partial charge is 0.350 e. The summed E-state index contributed by atoms with van der Waals surface area (Å²) in [5, 5.41) is 5.41. The number of aromatic amines is 1. The van der Waals surface area contributed by atoms with Crippen LogP contribution in [0.4, 0.5) is 0 Å². The molecular formula is C13H13N5OS2. The standard InChI is InChI=1S/C13H13N5OS2/c1-8(12(19)14-5-9-3-2-4-20-9)21-13-10-11(16-6-15-10)17-7-18-13/h2-4,6-8H,5H2,1H3,(H,14,19)(H,15,16,17,18)/t8-/m1/s1. The summed E-state index contributed by atoms with van der Waals surface area (Å²) in [5.41, 5.74) is 1.37. The van der Waals surface area contributed by atoms with Gasteiger partial charge in [0.15, 0.2) is 5.65 Å². The van der Waals surface area contributed by atoms with E-state index in [2.05, 4.69) is 25.3 Å². The third-order valence-corrected chi connectivity index (χ3v) is 4.84. The lowest BCUT2D eigenvalue weighted by molar-refractivity contribution is -0.120. The van der Waals surface area contributed by atoms with Gasteiger partial charge >= 0.3 is 0 Å². The molecule has 6 nitrogen and oxygen atoms in total. The molecular weight excluding hydrogens is 306 g/mol. The number of carbonyl (C=O) groups is 1. The molecule has 0 spiro atoms. The number of nitrogens with zero attached hydrogens (tertiary/aromatic N) is 3. The predicted molar refractivity (Wildman–Crippen MR) is 83.2 cm³/mol. The average Bonchev–Trinajstić information content (AvgIpc) is 3.16. The molecule has 3 heterocycles. The molecule has 0 aliphatic heterocycles. The van der Waals surface area contributed by atoms with Crippen LogP contribution in [0.3, 0.4) is 0 Å². The predicted octanol–water partition coefficient (Wildman–Crippen LogP) is 2.21. The van der Waals surface area contributed by atoms with Crippen molar-refractivity contribution in [3.8, 4) is 0 Å². The van der Waals surface area contributed by atoms with Crippen LogP contribution < -0.4 is 5.32 Å². The first-order chi connectivity index (χ1) is 10.2. The molecule has 0 bridgehead atoms. The normalized spacial score (nSPS) is 12.4. The Labute approximate surface area is 129 Å². The van der Waals surface area contributed by atoms with Crippen molar-refractivity contribution in [2.75, 3.05) is 0 Å². The number of nitrogens with one attached hydrogen (secondary N) is 2. The molecule has 8 heteroatoms. The summed E-state index contributed by atoms with van der Waals surface area (Å²) in [7, 11) is 0.